The zero-order valence-electron chi connectivity index (χ0n) is 13.4. The highest BCUT2D eigenvalue weighted by atomic mass is 16.5. The third-order valence-corrected chi connectivity index (χ3v) is 3.29. The lowest BCUT2D eigenvalue weighted by Crippen LogP contribution is -2.38. The molecule has 1 aliphatic rings. The molecule has 10 heteroatoms. The number of carbonyl (C=O) groups excluding carboxylic acids is 1. The van der Waals surface area contributed by atoms with Crippen LogP contribution in [0.15, 0.2) is 6.07 Å². The van der Waals surface area contributed by atoms with Gasteiger partial charge in [0.05, 0.1) is 26.4 Å². The molecule has 0 aromatic carbocycles. The maximum atomic E-state index is 11.7. The smallest absolute Gasteiger partial charge is 0.354 e. The molecule has 2 rings (SSSR count). The molecular formula is C14H21N5O5. The van der Waals surface area contributed by atoms with E-state index in [1.807, 2.05) is 4.90 Å². The fourth-order valence-corrected chi connectivity index (χ4v) is 2.07. The number of aromatic carboxylic acids is 1. The summed E-state index contributed by atoms with van der Waals surface area (Å²) in [6, 6.07) is 1.30. The van der Waals surface area contributed by atoms with Crippen LogP contribution in [0.25, 0.3) is 0 Å². The molecule has 1 aromatic heterocycles. The molecule has 1 aromatic rings. The molecule has 0 bridgehead atoms. The van der Waals surface area contributed by atoms with Crippen LogP contribution in [0.5, 0.6) is 0 Å². The van der Waals surface area contributed by atoms with Crippen LogP contribution in [0.2, 0.25) is 0 Å². The summed E-state index contributed by atoms with van der Waals surface area (Å²) in [6.45, 7) is 3.03. The molecule has 1 saturated heterocycles. The number of ether oxygens (including phenoxy) is 2. The first-order valence-electron chi connectivity index (χ1n) is 7.54. The maximum Gasteiger partial charge on any atom is 0.354 e. The van der Waals surface area contributed by atoms with E-state index in [-0.39, 0.29) is 24.0 Å². The number of carbonyl (C=O) groups is 2. The van der Waals surface area contributed by atoms with Gasteiger partial charge in [-0.2, -0.15) is 4.98 Å². The van der Waals surface area contributed by atoms with Gasteiger partial charge in [0.2, 0.25) is 11.9 Å². The average Bonchev–Trinajstić information content (AvgIpc) is 2.60. The first kappa shape index (κ1) is 17.9. The monoisotopic (exact) mass is 339 g/mol. The minimum atomic E-state index is -1.15. The van der Waals surface area contributed by atoms with E-state index in [2.05, 4.69) is 20.6 Å². The van der Waals surface area contributed by atoms with Crippen molar-refractivity contribution in [2.24, 2.45) is 0 Å². The number of aromatic nitrogens is 2. The largest absolute Gasteiger partial charge is 0.477 e. The normalized spacial score (nSPS) is 14.3. The highest BCUT2D eigenvalue weighted by molar-refractivity contribution is 5.87. The van der Waals surface area contributed by atoms with Crippen molar-refractivity contribution in [3.05, 3.63) is 11.8 Å². The highest BCUT2D eigenvalue weighted by Crippen LogP contribution is 2.15. The van der Waals surface area contributed by atoms with Crippen LogP contribution in [0.4, 0.5) is 11.8 Å². The summed E-state index contributed by atoms with van der Waals surface area (Å²) in [5, 5.41) is 14.7. The van der Waals surface area contributed by atoms with E-state index in [9.17, 15) is 14.7 Å². The Balaban J connectivity index is 2.03. The van der Waals surface area contributed by atoms with Crippen LogP contribution in [-0.2, 0) is 14.3 Å². The van der Waals surface area contributed by atoms with Crippen LogP contribution < -0.4 is 15.5 Å². The van der Waals surface area contributed by atoms with Gasteiger partial charge in [-0.15, -0.1) is 0 Å². The fraction of sp³-hybridized carbons (Fsp3) is 0.571. The summed E-state index contributed by atoms with van der Waals surface area (Å²) in [5.41, 5.74) is -0.131. The van der Waals surface area contributed by atoms with Gasteiger partial charge in [0, 0.05) is 32.8 Å². The molecule has 3 N–H and O–H groups in total. The highest BCUT2D eigenvalue weighted by Gasteiger charge is 2.18. The van der Waals surface area contributed by atoms with E-state index in [1.54, 1.807) is 7.11 Å². The van der Waals surface area contributed by atoms with E-state index in [0.717, 1.165) is 0 Å². The third-order valence-electron chi connectivity index (χ3n) is 3.29. The van der Waals surface area contributed by atoms with Crippen molar-refractivity contribution in [2.45, 2.75) is 0 Å². The number of methoxy groups -OCH3 is 1. The van der Waals surface area contributed by atoms with Gasteiger partial charge in [-0.1, -0.05) is 0 Å². The summed E-state index contributed by atoms with van der Waals surface area (Å²) in [7, 11) is 1.55. The molecule has 1 fully saturated rings. The predicted molar refractivity (Wildman–Crippen MR) is 85.4 cm³/mol. The van der Waals surface area contributed by atoms with Crippen molar-refractivity contribution in [1.29, 1.82) is 0 Å². The minimum absolute atomic E-state index is 0.0255. The van der Waals surface area contributed by atoms with E-state index in [0.29, 0.717) is 45.4 Å². The zero-order valence-corrected chi connectivity index (χ0v) is 13.4. The molecule has 132 valence electrons. The van der Waals surface area contributed by atoms with Crippen LogP contribution in [-0.4, -0.2) is 80.1 Å². The van der Waals surface area contributed by atoms with E-state index in [4.69, 9.17) is 9.47 Å². The van der Waals surface area contributed by atoms with Gasteiger partial charge < -0.3 is 30.1 Å². The topological polar surface area (TPSA) is 126 Å². The number of carboxylic acid groups (broad SMARTS) is 1. The molecule has 1 aliphatic heterocycles. The Morgan fingerprint density at radius 2 is 2.12 bits per heavy atom. The quantitative estimate of drug-likeness (QED) is 0.521. The lowest BCUT2D eigenvalue weighted by molar-refractivity contribution is -0.119. The molecule has 0 unspecified atom stereocenters. The lowest BCUT2D eigenvalue weighted by atomic mass is 10.3. The molecule has 0 spiro atoms. The van der Waals surface area contributed by atoms with Crippen molar-refractivity contribution in [3.63, 3.8) is 0 Å². The SMILES string of the molecule is COCCNC(=O)CNc1cc(C(=O)O)nc(N2CCOCC2)n1. The summed E-state index contributed by atoms with van der Waals surface area (Å²) in [4.78, 5) is 33.1. The van der Waals surface area contributed by atoms with Crippen LogP contribution in [0.3, 0.4) is 0 Å². The van der Waals surface area contributed by atoms with Gasteiger partial charge in [0.1, 0.15) is 5.82 Å². The van der Waals surface area contributed by atoms with Crippen LogP contribution in [0.1, 0.15) is 10.5 Å². The molecule has 2 heterocycles. The third kappa shape index (κ3) is 5.32. The minimum Gasteiger partial charge on any atom is -0.477 e. The van der Waals surface area contributed by atoms with Crippen molar-refractivity contribution in [3.8, 4) is 0 Å². The molecular weight excluding hydrogens is 318 g/mol. The fourth-order valence-electron chi connectivity index (χ4n) is 2.07. The van der Waals surface area contributed by atoms with Crippen molar-refractivity contribution >= 4 is 23.6 Å². The standard InChI is InChI=1S/C14H21N5O5/c1-23-5-2-15-12(20)9-16-11-8-10(13(21)22)17-14(18-11)19-3-6-24-7-4-19/h8H,2-7,9H2,1H3,(H,15,20)(H,21,22)(H,16,17,18). The average molecular weight is 339 g/mol. The number of morpholine rings is 1. The molecule has 1 amide bonds. The van der Waals surface area contributed by atoms with Gasteiger partial charge in [-0.05, 0) is 0 Å². The van der Waals surface area contributed by atoms with E-state index >= 15 is 0 Å². The Hall–Kier alpha value is -2.46. The Kier molecular flexibility index (Phi) is 6.70. The van der Waals surface area contributed by atoms with Crippen LogP contribution in [0, 0.1) is 0 Å². The molecule has 0 saturated carbocycles. The van der Waals surface area contributed by atoms with E-state index in [1.165, 1.54) is 6.07 Å². The first-order chi connectivity index (χ1) is 11.6. The summed E-state index contributed by atoms with van der Waals surface area (Å²) in [5.74, 6) is -0.804. The Morgan fingerprint density at radius 1 is 1.38 bits per heavy atom. The molecule has 24 heavy (non-hydrogen) atoms. The second kappa shape index (κ2) is 8.99. The number of nitrogens with zero attached hydrogens (tertiary/aromatic N) is 3. The number of anilines is 2. The maximum absolute atomic E-state index is 11.7. The van der Waals surface area contributed by atoms with Gasteiger partial charge >= 0.3 is 5.97 Å². The number of rotatable bonds is 8. The second-order valence-electron chi connectivity index (χ2n) is 5.04. The summed E-state index contributed by atoms with van der Waals surface area (Å²) in [6.07, 6.45) is 0. The summed E-state index contributed by atoms with van der Waals surface area (Å²) < 4.78 is 10.1. The number of hydrogen-bond acceptors (Lipinski definition) is 8. The summed E-state index contributed by atoms with van der Waals surface area (Å²) >= 11 is 0. The van der Waals surface area contributed by atoms with Crippen LogP contribution >= 0.6 is 0 Å². The van der Waals surface area contributed by atoms with Gasteiger partial charge in [-0.3, -0.25) is 4.79 Å². The Morgan fingerprint density at radius 3 is 2.79 bits per heavy atom. The zero-order chi connectivity index (χ0) is 17.4. The first-order valence-corrected chi connectivity index (χ1v) is 7.54. The lowest BCUT2D eigenvalue weighted by Gasteiger charge is -2.27. The Bertz CT molecular complexity index is 577. The molecule has 10 nitrogen and oxygen atoms in total. The van der Waals surface area contributed by atoms with Gasteiger partial charge in [0.15, 0.2) is 5.69 Å². The number of amides is 1. The van der Waals surface area contributed by atoms with Crippen molar-refractivity contribution in [2.75, 3.05) is 63.3 Å². The number of carboxylic acids is 1. The molecule has 0 radical (unpaired) electrons. The number of nitrogens with one attached hydrogen (secondary N) is 2. The van der Waals surface area contributed by atoms with E-state index < -0.39 is 5.97 Å². The van der Waals surface area contributed by atoms with Gasteiger partial charge in [0.25, 0.3) is 0 Å². The molecule has 0 aliphatic carbocycles. The predicted octanol–water partition coefficient (Wildman–Crippen LogP) is -0.814. The number of hydrogen-bond donors (Lipinski definition) is 3. The van der Waals surface area contributed by atoms with Gasteiger partial charge in [-0.25, -0.2) is 9.78 Å². The Labute approximate surface area is 139 Å². The van der Waals surface area contributed by atoms with Crippen molar-refractivity contribution < 1.29 is 24.2 Å². The van der Waals surface area contributed by atoms with Crippen molar-refractivity contribution in [1.82, 2.24) is 15.3 Å². The second-order valence-corrected chi connectivity index (χ2v) is 5.04. The molecule has 0 atom stereocenters.